The first-order chi connectivity index (χ1) is 9.04. The van der Waals surface area contributed by atoms with Crippen LogP contribution in [0.25, 0.3) is 0 Å². The molecule has 0 bridgehead atoms. The Balaban J connectivity index is 4.14. The number of hydrogen-bond donors (Lipinski definition) is 3. The highest BCUT2D eigenvalue weighted by Gasteiger charge is 2.30. The first-order valence-electron chi connectivity index (χ1n) is 6.88. The van der Waals surface area contributed by atoms with Crippen LogP contribution in [-0.2, 0) is 9.59 Å². The number of imide groups is 1. The van der Waals surface area contributed by atoms with Crippen molar-refractivity contribution < 1.29 is 19.5 Å². The molecule has 0 aromatic rings. The first-order valence-corrected chi connectivity index (χ1v) is 6.88. The van der Waals surface area contributed by atoms with E-state index in [9.17, 15) is 14.4 Å². The van der Waals surface area contributed by atoms with Crippen LogP contribution in [0.3, 0.4) is 0 Å². The van der Waals surface area contributed by atoms with Crippen LogP contribution in [0.1, 0.15) is 53.9 Å². The Morgan fingerprint density at radius 2 is 1.65 bits per heavy atom. The minimum atomic E-state index is -1.19. The summed E-state index contributed by atoms with van der Waals surface area (Å²) in [7, 11) is 0. The second-order valence-electron chi connectivity index (χ2n) is 6.26. The minimum Gasteiger partial charge on any atom is -0.481 e. The Hall–Kier alpha value is -1.59. The van der Waals surface area contributed by atoms with E-state index in [1.54, 1.807) is 0 Å². The number of amides is 3. The van der Waals surface area contributed by atoms with Crippen LogP contribution in [-0.4, -0.2) is 29.1 Å². The fourth-order valence-electron chi connectivity index (χ4n) is 1.56. The van der Waals surface area contributed by atoms with E-state index >= 15 is 0 Å². The van der Waals surface area contributed by atoms with Gasteiger partial charge in [0, 0.05) is 12.5 Å². The van der Waals surface area contributed by atoms with E-state index in [-0.39, 0.29) is 12.5 Å². The molecule has 0 aliphatic rings. The van der Waals surface area contributed by atoms with Crippen molar-refractivity contribution >= 4 is 17.9 Å². The molecule has 3 N–H and O–H groups in total. The largest absolute Gasteiger partial charge is 0.481 e. The molecule has 6 heteroatoms. The van der Waals surface area contributed by atoms with Gasteiger partial charge in [0.2, 0.25) is 5.91 Å². The third kappa shape index (κ3) is 7.76. The lowest BCUT2D eigenvalue weighted by Gasteiger charge is -2.19. The molecule has 1 atom stereocenters. The number of urea groups is 1. The topological polar surface area (TPSA) is 95.5 Å². The number of carbonyl (C=O) groups is 3. The molecule has 6 nitrogen and oxygen atoms in total. The van der Waals surface area contributed by atoms with Crippen molar-refractivity contribution in [3.8, 4) is 0 Å². The number of aliphatic carboxylic acids is 1. The van der Waals surface area contributed by atoms with Gasteiger partial charge in [-0.25, -0.2) is 4.79 Å². The van der Waals surface area contributed by atoms with E-state index in [2.05, 4.69) is 24.5 Å². The maximum atomic E-state index is 11.6. The van der Waals surface area contributed by atoms with Gasteiger partial charge in [0.1, 0.15) is 0 Å². The van der Waals surface area contributed by atoms with E-state index in [0.717, 1.165) is 12.8 Å². The molecule has 0 heterocycles. The van der Waals surface area contributed by atoms with Gasteiger partial charge in [-0.15, -0.1) is 0 Å². The predicted molar refractivity (Wildman–Crippen MR) is 76.2 cm³/mol. The van der Waals surface area contributed by atoms with E-state index in [1.807, 2.05) is 6.92 Å². The molecule has 0 aromatic carbocycles. The van der Waals surface area contributed by atoms with Crippen LogP contribution in [0, 0.1) is 11.3 Å². The first kappa shape index (κ1) is 18.4. The summed E-state index contributed by atoms with van der Waals surface area (Å²) < 4.78 is 0. The van der Waals surface area contributed by atoms with Crippen molar-refractivity contribution in [1.82, 2.24) is 10.6 Å². The summed E-state index contributed by atoms with van der Waals surface area (Å²) in [6, 6.07) is -0.606. The second-order valence-corrected chi connectivity index (χ2v) is 6.26. The Labute approximate surface area is 120 Å². The van der Waals surface area contributed by atoms with Gasteiger partial charge in [-0.3, -0.25) is 14.9 Å². The fraction of sp³-hybridized carbons (Fsp3) is 0.786. The van der Waals surface area contributed by atoms with Crippen molar-refractivity contribution in [2.45, 2.75) is 59.9 Å². The van der Waals surface area contributed by atoms with Gasteiger partial charge in [-0.1, -0.05) is 13.8 Å². The number of nitrogens with one attached hydrogen (secondary N) is 2. The number of carbonyl (C=O) groups excluding carboxylic acids is 2. The predicted octanol–water partition coefficient (Wildman–Crippen LogP) is 2.14. The van der Waals surface area contributed by atoms with E-state index in [0.29, 0.717) is 5.92 Å². The lowest BCUT2D eigenvalue weighted by Crippen LogP contribution is -2.45. The summed E-state index contributed by atoms with van der Waals surface area (Å²) in [6.45, 7) is 8.96. The molecule has 0 aliphatic carbocycles. The van der Waals surface area contributed by atoms with Crippen molar-refractivity contribution in [3.05, 3.63) is 0 Å². The van der Waals surface area contributed by atoms with Crippen molar-refractivity contribution in [3.63, 3.8) is 0 Å². The Morgan fingerprint density at radius 3 is 2.10 bits per heavy atom. The zero-order valence-electron chi connectivity index (χ0n) is 12.9. The average Bonchev–Trinajstić information content (AvgIpc) is 2.24. The Morgan fingerprint density at radius 1 is 1.10 bits per heavy atom. The van der Waals surface area contributed by atoms with Crippen molar-refractivity contribution in [2.75, 3.05) is 0 Å². The summed E-state index contributed by atoms with van der Waals surface area (Å²) in [5, 5.41) is 13.7. The molecule has 116 valence electrons. The Kier molecular flexibility index (Phi) is 7.24. The number of carboxylic acid groups (broad SMARTS) is 1. The summed E-state index contributed by atoms with van der Waals surface area (Å²) in [5.41, 5.74) is -1.19. The second kappa shape index (κ2) is 7.87. The molecule has 0 rings (SSSR count). The zero-order valence-corrected chi connectivity index (χ0v) is 12.9. The third-order valence-corrected chi connectivity index (χ3v) is 2.99. The number of rotatable bonds is 7. The maximum absolute atomic E-state index is 11.6. The summed E-state index contributed by atoms with van der Waals surface area (Å²) in [4.78, 5) is 34.0. The van der Waals surface area contributed by atoms with Gasteiger partial charge >= 0.3 is 12.0 Å². The van der Waals surface area contributed by atoms with Crippen LogP contribution in [0.5, 0.6) is 0 Å². The molecule has 0 fully saturated rings. The van der Waals surface area contributed by atoms with Crippen LogP contribution in [0.2, 0.25) is 0 Å². The van der Waals surface area contributed by atoms with Crippen molar-refractivity contribution in [1.29, 1.82) is 0 Å². The molecule has 0 aromatic heterocycles. The van der Waals surface area contributed by atoms with Crippen molar-refractivity contribution in [2.24, 2.45) is 11.3 Å². The highest BCUT2D eigenvalue weighted by Crippen LogP contribution is 2.19. The summed E-state index contributed by atoms with van der Waals surface area (Å²) in [5.74, 6) is -1.11. The number of hydrogen-bond acceptors (Lipinski definition) is 3. The van der Waals surface area contributed by atoms with E-state index in [1.165, 1.54) is 13.8 Å². The third-order valence-electron chi connectivity index (χ3n) is 2.99. The molecule has 3 amide bonds. The number of carboxylic acids is 1. The molecule has 1 unspecified atom stereocenters. The highest BCUT2D eigenvalue weighted by atomic mass is 16.4. The van der Waals surface area contributed by atoms with Gasteiger partial charge < -0.3 is 10.4 Å². The molecule has 0 aliphatic heterocycles. The molecular weight excluding hydrogens is 260 g/mol. The van der Waals surface area contributed by atoms with Crippen LogP contribution in [0.15, 0.2) is 0 Å². The van der Waals surface area contributed by atoms with Gasteiger partial charge in [-0.2, -0.15) is 0 Å². The average molecular weight is 286 g/mol. The fourth-order valence-corrected chi connectivity index (χ4v) is 1.56. The summed E-state index contributed by atoms with van der Waals surface area (Å²) in [6.07, 6.45) is 1.58. The Bertz CT molecular complexity index is 364. The standard InChI is InChI=1S/C14H26N2O4/c1-9(2)6-7-10(3)15-13(20)16-11(17)8-14(4,5)12(18)19/h9-10H,6-8H2,1-5H3,(H,18,19)(H2,15,16,17,20). The van der Waals surface area contributed by atoms with Crippen LogP contribution >= 0.6 is 0 Å². The van der Waals surface area contributed by atoms with Crippen LogP contribution < -0.4 is 10.6 Å². The minimum absolute atomic E-state index is 0.0299. The van der Waals surface area contributed by atoms with Gasteiger partial charge in [0.25, 0.3) is 0 Å². The smallest absolute Gasteiger partial charge is 0.321 e. The van der Waals surface area contributed by atoms with Crippen LogP contribution in [0.4, 0.5) is 4.79 Å². The van der Waals surface area contributed by atoms with E-state index in [4.69, 9.17) is 5.11 Å². The monoisotopic (exact) mass is 286 g/mol. The van der Waals surface area contributed by atoms with Gasteiger partial charge in [0.15, 0.2) is 0 Å². The lowest BCUT2D eigenvalue weighted by atomic mass is 9.89. The molecule has 0 saturated heterocycles. The molecule has 20 heavy (non-hydrogen) atoms. The van der Waals surface area contributed by atoms with Gasteiger partial charge in [-0.05, 0) is 39.5 Å². The highest BCUT2D eigenvalue weighted by molar-refractivity contribution is 5.96. The summed E-state index contributed by atoms with van der Waals surface area (Å²) >= 11 is 0. The van der Waals surface area contributed by atoms with Gasteiger partial charge in [0.05, 0.1) is 5.41 Å². The lowest BCUT2D eigenvalue weighted by molar-refractivity contribution is -0.149. The molecule has 0 saturated carbocycles. The zero-order chi connectivity index (χ0) is 15.9. The maximum Gasteiger partial charge on any atom is 0.321 e. The molecule has 0 spiro atoms. The normalized spacial score (nSPS) is 12.9. The van der Waals surface area contributed by atoms with E-state index < -0.39 is 23.3 Å². The molecule has 0 radical (unpaired) electrons. The SMILES string of the molecule is CC(C)CCC(C)NC(=O)NC(=O)CC(C)(C)C(=O)O. The molecular formula is C14H26N2O4. The quantitative estimate of drug-likeness (QED) is 0.668.